The number of nitrogens with one attached hydrogen (secondary N) is 2. The van der Waals surface area contributed by atoms with Crippen molar-refractivity contribution < 1.29 is 37.4 Å². The summed E-state index contributed by atoms with van der Waals surface area (Å²) in [6, 6.07) is 2.72. The van der Waals surface area contributed by atoms with Gasteiger partial charge in [-0.25, -0.2) is 9.59 Å². The van der Waals surface area contributed by atoms with Crippen LogP contribution < -0.4 is 20.1 Å². The van der Waals surface area contributed by atoms with E-state index in [1.54, 1.807) is 0 Å². The van der Waals surface area contributed by atoms with Crippen molar-refractivity contribution in [1.82, 2.24) is 10.6 Å². The molecule has 0 saturated heterocycles. The quantitative estimate of drug-likeness (QED) is 0.674. The van der Waals surface area contributed by atoms with Crippen LogP contribution in [0.4, 0.5) is 13.6 Å². The minimum Gasteiger partial charge on any atom is -0.493 e. The molecular weight excluding hydrogens is 354 g/mol. The Balaban J connectivity index is 2.57. The molecule has 0 aliphatic carbocycles. The highest BCUT2D eigenvalue weighted by Gasteiger charge is 2.16. The minimum absolute atomic E-state index is 0.0412. The topological polar surface area (TPSA) is 103 Å². The normalized spacial score (nSPS) is 10.4. The van der Waals surface area contributed by atoms with Gasteiger partial charge in [0.2, 0.25) is 0 Å². The number of benzene rings is 1. The lowest BCUT2D eigenvalue weighted by molar-refractivity contribution is -0.123. The summed E-state index contributed by atoms with van der Waals surface area (Å²) in [5.41, 5.74) is -0.0412. The number of rotatable bonds is 8. The Morgan fingerprint density at radius 2 is 1.85 bits per heavy atom. The molecule has 1 aromatic carbocycles. The standard InChI is InChI=1S/C16H20F2N2O6/c1-9(2)7-19-16(23)20-13(21)8-25-14(22)10-4-5-11(26-15(17)18)12(6-10)24-3/h4-6,9,15H,7-8H2,1-3H3,(H2,19,20,21,23). The van der Waals surface area contributed by atoms with E-state index in [1.165, 1.54) is 13.2 Å². The lowest BCUT2D eigenvalue weighted by atomic mass is 10.2. The van der Waals surface area contributed by atoms with Crippen LogP contribution in [0.3, 0.4) is 0 Å². The molecule has 1 rings (SSSR count). The number of urea groups is 1. The Morgan fingerprint density at radius 3 is 2.42 bits per heavy atom. The van der Waals surface area contributed by atoms with Crippen LogP contribution in [0.5, 0.6) is 11.5 Å². The van der Waals surface area contributed by atoms with Crippen LogP contribution in [0.1, 0.15) is 24.2 Å². The summed E-state index contributed by atoms with van der Waals surface area (Å²) in [6.07, 6.45) is 0. The maximum absolute atomic E-state index is 12.3. The molecule has 1 aromatic rings. The number of carbonyl (C=O) groups is 3. The molecule has 3 amide bonds. The molecule has 0 bridgehead atoms. The van der Waals surface area contributed by atoms with Crippen molar-refractivity contribution in [3.63, 3.8) is 0 Å². The average Bonchev–Trinajstić information content (AvgIpc) is 2.57. The van der Waals surface area contributed by atoms with Gasteiger partial charge in [-0.05, 0) is 24.1 Å². The van der Waals surface area contributed by atoms with E-state index < -0.39 is 31.1 Å². The minimum atomic E-state index is -3.05. The molecule has 0 saturated carbocycles. The third-order valence-electron chi connectivity index (χ3n) is 2.87. The maximum atomic E-state index is 12.3. The van der Waals surface area contributed by atoms with Crippen molar-refractivity contribution in [1.29, 1.82) is 0 Å². The van der Waals surface area contributed by atoms with Gasteiger partial charge in [-0.1, -0.05) is 13.8 Å². The lowest BCUT2D eigenvalue weighted by Crippen LogP contribution is -2.42. The summed E-state index contributed by atoms with van der Waals surface area (Å²) in [4.78, 5) is 34.9. The van der Waals surface area contributed by atoms with Crippen molar-refractivity contribution in [2.75, 3.05) is 20.3 Å². The second-order valence-corrected chi connectivity index (χ2v) is 5.47. The van der Waals surface area contributed by atoms with Crippen molar-refractivity contribution >= 4 is 17.9 Å². The SMILES string of the molecule is COc1cc(C(=O)OCC(=O)NC(=O)NCC(C)C)ccc1OC(F)F. The first-order chi connectivity index (χ1) is 12.2. The molecular formula is C16H20F2N2O6. The molecule has 0 atom stereocenters. The lowest BCUT2D eigenvalue weighted by Gasteiger charge is -2.11. The fraction of sp³-hybridized carbons (Fsp3) is 0.438. The molecule has 144 valence electrons. The van der Waals surface area contributed by atoms with Gasteiger partial charge >= 0.3 is 18.6 Å². The van der Waals surface area contributed by atoms with Crippen LogP contribution in [0, 0.1) is 5.92 Å². The zero-order chi connectivity index (χ0) is 19.7. The van der Waals surface area contributed by atoms with E-state index in [9.17, 15) is 23.2 Å². The monoisotopic (exact) mass is 374 g/mol. The van der Waals surface area contributed by atoms with Crippen LogP contribution in [-0.2, 0) is 9.53 Å². The highest BCUT2D eigenvalue weighted by atomic mass is 19.3. The van der Waals surface area contributed by atoms with Gasteiger partial charge in [0, 0.05) is 6.54 Å². The van der Waals surface area contributed by atoms with Crippen molar-refractivity contribution in [2.45, 2.75) is 20.5 Å². The Morgan fingerprint density at radius 1 is 1.15 bits per heavy atom. The second kappa shape index (κ2) is 10.2. The van der Waals surface area contributed by atoms with E-state index in [0.717, 1.165) is 12.1 Å². The van der Waals surface area contributed by atoms with Crippen LogP contribution in [0.15, 0.2) is 18.2 Å². The molecule has 0 unspecified atom stereocenters. The predicted octanol–water partition coefficient (Wildman–Crippen LogP) is 1.94. The summed E-state index contributed by atoms with van der Waals surface area (Å²) >= 11 is 0. The molecule has 0 aliphatic rings. The predicted molar refractivity (Wildman–Crippen MR) is 86.3 cm³/mol. The summed E-state index contributed by atoms with van der Waals surface area (Å²) in [5, 5.41) is 4.47. The highest BCUT2D eigenvalue weighted by Crippen LogP contribution is 2.29. The number of halogens is 2. The number of alkyl halides is 2. The Bertz CT molecular complexity index is 652. The third-order valence-corrected chi connectivity index (χ3v) is 2.87. The third kappa shape index (κ3) is 7.32. The van der Waals surface area contributed by atoms with Gasteiger partial charge in [-0.3, -0.25) is 10.1 Å². The van der Waals surface area contributed by atoms with E-state index in [4.69, 9.17) is 9.47 Å². The number of amides is 3. The van der Waals surface area contributed by atoms with Crippen LogP contribution in [0.2, 0.25) is 0 Å². The van der Waals surface area contributed by atoms with Gasteiger partial charge in [0.05, 0.1) is 12.7 Å². The van der Waals surface area contributed by atoms with E-state index in [-0.39, 0.29) is 23.0 Å². The van der Waals surface area contributed by atoms with Gasteiger partial charge < -0.3 is 19.5 Å². The summed E-state index contributed by atoms with van der Waals surface area (Å²) in [7, 11) is 1.21. The molecule has 0 fully saturated rings. The number of imide groups is 1. The van der Waals surface area contributed by atoms with E-state index in [0.29, 0.717) is 6.54 Å². The zero-order valence-electron chi connectivity index (χ0n) is 14.5. The van der Waals surface area contributed by atoms with Gasteiger partial charge in [0.1, 0.15) is 0 Å². The number of esters is 1. The largest absolute Gasteiger partial charge is 0.493 e. The van der Waals surface area contributed by atoms with E-state index >= 15 is 0 Å². The number of hydrogen-bond donors (Lipinski definition) is 2. The molecule has 0 aliphatic heterocycles. The zero-order valence-corrected chi connectivity index (χ0v) is 14.5. The number of ether oxygens (including phenoxy) is 3. The molecule has 0 heterocycles. The van der Waals surface area contributed by atoms with Crippen molar-refractivity contribution in [3.05, 3.63) is 23.8 Å². The average molecular weight is 374 g/mol. The van der Waals surface area contributed by atoms with Gasteiger partial charge in [0.25, 0.3) is 5.91 Å². The molecule has 2 N–H and O–H groups in total. The number of carbonyl (C=O) groups excluding carboxylic acids is 3. The highest BCUT2D eigenvalue weighted by molar-refractivity contribution is 5.97. The Kier molecular flexibility index (Phi) is 8.26. The van der Waals surface area contributed by atoms with Crippen LogP contribution >= 0.6 is 0 Å². The summed E-state index contributed by atoms with van der Waals surface area (Å²) < 4.78 is 38.4. The molecule has 0 aromatic heterocycles. The Hall–Kier alpha value is -2.91. The first-order valence-corrected chi connectivity index (χ1v) is 7.60. The molecule has 26 heavy (non-hydrogen) atoms. The van der Waals surface area contributed by atoms with Crippen LogP contribution in [0.25, 0.3) is 0 Å². The molecule has 10 heteroatoms. The Labute approximate surface area is 148 Å². The molecule has 8 nitrogen and oxygen atoms in total. The fourth-order valence-corrected chi connectivity index (χ4v) is 1.71. The van der Waals surface area contributed by atoms with Gasteiger partial charge in [-0.2, -0.15) is 8.78 Å². The van der Waals surface area contributed by atoms with Crippen LogP contribution in [-0.4, -0.2) is 44.8 Å². The summed E-state index contributed by atoms with van der Waals surface area (Å²) in [6.45, 7) is 0.412. The van der Waals surface area contributed by atoms with Gasteiger partial charge in [-0.15, -0.1) is 0 Å². The number of hydrogen-bond acceptors (Lipinski definition) is 6. The molecule has 0 spiro atoms. The smallest absolute Gasteiger partial charge is 0.387 e. The van der Waals surface area contributed by atoms with Crippen molar-refractivity contribution in [3.8, 4) is 11.5 Å². The first-order valence-electron chi connectivity index (χ1n) is 7.60. The first kappa shape index (κ1) is 21.1. The van der Waals surface area contributed by atoms with E-state index in [2.05, 4.69) is 10.1 Å². The van der Waals surface area contributed by atoms with E-state index in [1.807, 2.05) is 19.2 Å². The number of methoxy groups -OCH3 is 1. The second-order valence-electron chi connectivity index (χ2n) is 5.47. The van der Waals surface area contributed by atoms with Gasteiger partial charge in [0.15, 0.2) is 18.1 Å². The van der Waals surface area contributed by atoms with Crippen molar-refractivity contribution in [2.24, 2.45) is 5.92 Å². The maximum Gasteiger partial charge on any atom is 0.387 e. The molecule has 0 radical (unpaired) electrons. The fourth-order valence-electron chi connectivity index (χ4n) is 1.71. The summed E-state index contributed by atoms with van der Waals surface area (Å²) in [5.74, 6) is -1.86.